The normalized spacial score (nSPS) is 10.5. The van der Waals surface area contributed by atoms with Crippen molar-refractivity contribution in [3.05, 3.63) is 54.1 Å². The van der Waals surface area contributed by atoms with E-state index in [9.17, 15) is 18.4 Å². The molecule has 0 radical (unpaired) electrons. The molecule has 138 valence electrons. The summed E-state index contributed by atoms with van der Waals surface area (Å²) in [6.07, 6.45) is 1.90. The second-order valence-corrected chi connectivity index (χ2v) is 6.16. The summed E-state index contributed by atoms with van der Waals surface area (Å²) in [5.41, 5.74) is 0.821. The van der Waals surface area contributed by atoms with Gasteiger partial charge in [-0.15, -0.1) is 11.8 Å². The van der Waals surface area contributed by atoms with Gasteiger partial charge in [-0.1, -0.05) is 18.2 Å². The predicted molar refractivity (Wildman–Crippen MR) is 96.9 cm³/mol. The van der Waals surface area contributed by atoms with Gasteiger partial charge in [-0.3, -0.25) is 9.59 Å². The highest BCUT2D eigenvalue weighted by atomic mass is 32.2. The van der Waals surface area contributed by atoms with Crippen LogP contribution in [0.3, 0.4) is 0 Å². The molecule has 0 heterocycles. The molecule has 0 saturated heterocycles. The van der Waals surface area contributed by atoms with Gasteiger partial charge in [0.1, 0.15) is 5.75 Å². The lowest BCUT2D eigenvalue weighted by Gasteiger charge is -2.18. The van der Waals surface area contributed by atoms with E-state index in [0.717, 1.165) is 4.90 Å². The maximum Gasteiger partial charge on any atom is 0.387 e. The maximum absolute atomic E-state index is 12.4. The van der Waals surface area contributed by atoms with Gasteiger partial charge in [-0.25, -0.2) is 0 Å². The highest BCUT2D eigenvalue weighted by molar-refractivity contribution is 7.98. The molecule has 0 aliphatic rings. The molecule has 2 rings (SSSR count). The molecule has 2 aromatic carbocycles. The number of rotatable bonds is 7. The summed E-state index contributed by atoms with van der Waals surface area (Å²) in [5.74, 6) is -0.946. The van der Waals surface area contributed by atoms with Gasteiger partial charge in [0.2, 0.25) is 5.91 Å². The third kappa shape index (κ3) is 5.45. The molecule has 0 bridgehead atoms. The quantitative estimate of drug-likeness (QED) is 0.744. The zero-order chi connectivity index (χ0) is 19.1. The molecule has 0 aliphatic carbocycles. The first-order valence-corrected chi connectivity index (χ1v) is 8.86. The van der Waals surface area contributed by atoms with E-state index in [2.05, 4.69) is 10.1 Å². The molecule has 2 amide bonds. The van der Waals surface area contributed by atoms with Crippen molar-refractivity contribution in [1.29, 1.82) is 0 Å². The van der Waals surface area contributed by atoms with Gasteiger partial charge < -0.3 is 15.0 Å². The molecule has 8 heteroatoms. The van der Waals surface area contributed by atoms with Crippen molar-refractivity contribution in [2.75, 3.05) is 25.2 Å². The Morgan fingerprint density at radius 3 is 2.62 bits per heavy atom. The number of benzene rings is 2. The first-order valence-electron chi connectivity index (χ1n) is 7.64. The Hall–Kier alpha value is -2.61. The largest absolute Gasteiger partial charge is 0.435 e. The molecule has 2 aromatic rings. The third-order valence-corrected chi connectivity index (χ3v) is 4.21. The number of hydrogen-bond donors (Lipinski definition) is 1. The molecule has 0 unspecified atom stereocenters. The minimum atomic E-state index is -2.97. The van der Waals surface area contributed by atoms with E-state index in [1.165, 1.54) is 48.0 Å². The van der Waals surface area contributed by atoms with Gasteiger partial charge in [0, 0.05) is 17.5 Å². The van der Waals surface area contributed by atoms with Gasteiger partial charge in [0.05, 0.1) is 12.2 Å². The van der Waals surface area contributed by atoms with Gasteiger partial charge in [-0.05, 0) is 36.6 Å². The predicted octanol–water partition coefficient (Wildman–Crippen LogP) is 3.72. The molecule has 26 heavy (non-hydrogen) atoms. The van der Waals surface area contributed by atoms with Crippen molar-refractivity contribution in [1.82, 2.24) is 4.90 Å². The Labute approximate surface area is 154 Å². The summed E-state index contributed by atoms with van der Waals surface area (Å²) < 4.78 is 28.8. The fraction of sp³-hybridized carbons (Fsp3) is 0.222. The number of alkyl halides is 2. The number of anilines is 1. The zero-order valence-corrected chi connectivity index (χ0v) is 15.1. The summed E-state index contributed by atoms with van der Waals surface area (Å²) in [5, 5.41) is 2.76. The average Bonchev–Trinajstić information content (AvgIpc) is 2.61. The van der Waals surface area contributed by atoms with E-state index in [1.54, 1.807) is 12.1 Å². The van der Waals surface area contributed by atoms with E-state index in [1.807, 2.05) is 18.4 Å². The number of likely N-dealkylation sites (N-methyl/N-ethyl adjacent to an activating group) is 1. The average molecular weight is 380 g/mol. The smallest absolute Gasteiger partial charge is 0.387 e. The lowest BCUT2D eigenvalue weighted by atomic mass is 10.2. The fourth-order valence-corrected chi connectivity index (χ4v) is 2.80. The Morgan fingerprint density at radius 2 is 1.92 bits per heavy atom. The zero-order valence-electron chi connectivity index (χ0n) is 14.2. The molecule has 0 saturated carbocycles. The number of para-hydroxylation sites is 1. The second-order valence-electron chi connectivity index (χ2n) is 5.32. The highest BCUT2D eigenvalue weighted by Crippen LogP contribution is 2.24. The van der Waals surface area contributed by atoms with Crippen LogP contribution < -0.4 is 10.1 Å². The number of amides is 2. The Morgan fingerprint density at radius 1 is 1.19 bits per heavy atom. The second kappa shape index (κ2) is 9.19. The number of hydrogen-bond acceptors (Lipinski definition) is 4. The number of nitrogens with zero attached hydrogens (tertiary/aromatic N) is 1. The summed E-state index contributed by atoms with van der Waals surface area (Å²) in [6, 6.07) is 12.8. The van der Waals surface area contributed by atoms with Crippen LogP contribution >= 0.6 is 11.8 Å². The van der Waals surface area contributed by atoms with E-state index in [4.69, 9.17) is 0 Å². The van der Waals surface area contributed by atoms with Gasteiger partial charge >= 0.3 is 6.61 Å². The first kappa shape index (κ1) is 19.7. The van der Waals surface area contributed by atoms with Crippen molar-refractivity contribution < 1.29 is 23.1 Å². The molecule has 0 atom stereocenters. The molecule has 1 N–H and O–H groups in total. The number of ether oxygens (including phenoxy) is 1. The molecule has 5 nitrogen and oxygen atoms in total. The number of carbonyl (C=O) groups excluding carboxylic acids is 2. The van der Waals surface area contributed by atoms with Crippen molar-refractivity contribution >= 4 is 29.3 Å². The van der Waals surface area contributed by atoms with Gasteiger partial charge in [-0.2, -0.15) is 8.78 Å². The molecule has 0 aliphatic heterocycles. The van der Waals surface area contributed by atoms with Crippen LogP contribution in [0.25, 0.3) is 0 Å². The lowest BCUT2D eigenvalue weighted by molar-refractivity contribution is -0.116. The summed E-state index contributed by atoms with van der Waals surface area (Å²) in [4.78, 5) is 26.7. The van der Waals surface area contributed by atoms with Crippen LogP contribution in [0.15, 0.2) is 53.4 Å². The van der Waals surface area contributed by atoms with Gasteiger partial charge in [0.15, 0.2) is 0 Å². The van der Waals surface area contributed by atoms with E-state index < -0.39 is 12.5 Å². The molecular formula is C18H18F2N2O3S. The van der Waals surface area contributed by atoms with Crippen LogP contribution in [0.4, 0.5) is 14.5 Å². The highest BCUT2D eigenvalue weighted by Gasteiger charge is 2.17. The minimum absolute atomic E-state index is 0.113. The van der Waals surface area contributed by atoms with Crippen LogP contribution in [0.2, 0.25) is 0 Å². The Kier molecular flexibility index (Phi) is 6.97. The minimum Gasteiger partial charge on any atom is -0.435 e. The fourth-order valence-electron chi connectivity index (χ4n) is 2.25. The first-order chi connectivity index (χ1) is 12.4. The van der Waals surface area contributed by atoms with Crippen LogP contribution in [-0.4, -0.2) is 43.2 Å². The maximum atomic E-state index is 12.4. The standard InChI is InChI=1S/C18H18F2N2O3S/c1-22(11-16(23)21-14-8-3-4-9-15(14)26-2)17(24)12-6-5-7-13(10-12)25-18(19)20/h3-10,18H,11H2,1-2H3,(H,21,23). The molecule has 0 spiro atoms. The number of thioether (sulfide) groups is 1. The number of nitrogens with one attached hydrogen (secondary N) is 1. The van der Waals surface area contributed by atoms with Crippen LogP contribution in [0, 0.1) is 0 Å². The van der Waals surface area contributed by atoms with E-state index in [0.29, 0.717) is 5.69 Å². The van der Waals surface area contributed by atoms with Crippen LogP contribution in [0.5, 0.6) is 5.75 Å². The monoisotopic (exact) mass is 380 g/mol. The SMILES string of the molecule is CSc1ccccc1NC(=O)CN(C)C(=O)c1cccc(OC(F)F)c1. The van der Waals surface area contributed by atoms with Crippen molar-refractivity contribution in [2.24, 2.45) is 0 Å². The Balaban J connectivity index is 2.01. The third-order valence-electron chi connectivity index (χ3n) is 3.41. The van der Waals surface area contributed by atoms with Crippen LogP contribution in [-0.2, 0) is 4.79 Å². The van der Waals surface area contributed by atoms with Gasteiger partial charge in [0.25, 0.3) is 5.91 Å². The molecular weight excluding hydrogens is 362 g/mol. The summed E-state index contributed by atoms with van der Waals surface area (Å²) >= 11 is 1.50. The molecule has 0 aromatic heterocycles. The summed E-state index contributed by atoms with van der Waals surface area (Å²) in [7, 11) is 1.46. The van der Waals surface area contributed by atoms with Crippen LogP contribution in [0.1, 0.15) is 10.4 Å². The van der Waals surface area contributed by atoms with E-state index >= 15 is 0 Å². The number of carbonyl (C=O) groups is 2. The Bertz CT molecular complexity index is 787. The van der Waals surface area contributed by atoms with Crippen molar-refractivity contribution in [2.45, 2.75) is 11.5 Å². The van der Waals surface area contributed by atoms with E-state index in [-0.39, 0.29) is 23.8 Å². The topological polar surface area (TPSA) is 58.6 Å². The van der Waals surface area contributed by atoms with Crippen molar-refractivity contribution in [3.63, 3.8) is 0 Å². The summed E-state index contributed by atoms with van der Waals surface area (Å²) in [6.45, 7) is -3.15. The lowest BCUT2D eigenvalue weighted by Crippen LogP contribution is -2.35. The molecule has 0 fully saturated rings. The van der Waals surface area contributed by atoms with Crippen molar-refractivity contribution in [3.8, 4) is 5.75 Å². The number of halogens is 2.